The van der Waals surface area contributed by atoms with E-state index in [2.05, 4.69) is 10.6 Å². The fourth-order valence-corrected chi connectivity index (χ4v) is 5.42. The predicted octanol–water partition coefficient (Wildman–Crippen LogP) is 6.45. The van der Waals surface area contributed by atoms with Crippen LogP contribution in [0.4, 0.5) is 11.4 Å². The van der Waals surface area contributed by atoms with Gasteiger partial charge in [0.1, 0.15) is 11.7 Å². The standard InChI is InChI=1S/C24H18Cl3N3O2S/c1-24-20(22(31)28-16-8-5-13(25)6-9-16)21(18-12-15(27)7-10-19(18)32-24)29-23(33)30(24)17-4-2-3-14(26)11-17/h2-12,20-21H,1H3,(H,28,31)(H,29,33)/t20-,21+,24+/m0/s1. The number of nitrogens with zero attached hydrogens (tertiary/aromatic N) is 1. The summed E-state index contributed by atoms with van der Waals surface area (Å²) in [5.74, 6) is -0.299. The van der Waals surface area contributed by atoms with E-state index in [0.29, 0.717) is 37.3 Å². The van der Waals surface area contributed by atoms with Crippen LogP contribution >= 0.6 is 47.0 Å². The molecule has 5 rings (SSSR count). The van der Waals surface area contributed by atoms with Crippen LogP contribution in [0.1, 0.15) is 18.5 Å². The number of anilines is 2. The number of carbonyl (C=O) groups excluding carboxylic acids is 1. The van der Waals surface area contributed by atoms with Crippen molar-refractivity contribution in [1.29, 1.82) is 0 Å². The normalized spacial score (nSPS) is 23.3. The summed E-state index contributed by atoms with van der Waals surface area (Å²) in [6.45, 7) is 1.86. The molecule has 3 aromatic carbocycles. The lowest BCUT2D eigenvalue weighted by Gasteiger charge is -2.56. The lowest BCUT2D eigenvalue weighted by Crippen LogP contribution is -2.72. The van der Waals surface area contributed by atoms with Gasteiger partial charge in [0.15, 0.2) is 10.8 Å². The van der Waals surface area contributed by atoms with Crippen LogP contribution in [0.25, 0.3) is 0 Å². The van der Waals surface area contributed by atoms with Gasteiger partial charge in [-0.3, -0.25) is 9.69 Å². The molecule has 168 valence electrons. The Morgan fingerprint density at radius 1 is 1.03 bits per heavy atom. The van der Waals surface area contributed by atoms with Gasteiger partial charge in [0.05, 0.1) is 6.04 Å². The molecule has 1 fully saturated rings. The van der Waals surface area contributed by atoms with Crippen molar-refractivity contribution >= 4 is 69.4 Å². The first-order valence-corrected chi connectivity index (χ1v) is 11.7. The van der Waals surface area contributed by atoms with Gasteiger partial charge in [-0.2, -0.15) is 0 Å². The molecule has 0 aliphatic carbocycles. The molecular formula is C24H18Cl3N3O2S. The number of hydrogen-bond donors (Lipinski definition) is 2. The average molecular weight is 519 g/mol. The largest absolute Gasteiger partial charge is 0.467 e. The van der Waals surface area contributed by atoms with Gasteiger partial charge in [-0.25, -0.2) is 0 Å². The van der Waals surface area contributed by atoms with E-state index >= 15 is 0 Å². The summed E-state index contributed by atoms with van der Waals surface area (Å²) < 4.78 is 6.53. The van der Waals surface area contributed by atoms with Gasteiger partial charge in [0.2, 0.25) is 5.91 Å². The molecule has 2 aliphatic rings. The Morgan fingerprint density at radius 3 is 2.45 bits per heavy atom. The van der Waals surface area contributed by atoms with Crippen LogP contribution in [0, 0.1) is 5.92 Å². The van der Waals surface area contributed by atoms with Crippen molar-refractivity contribution in [3.63, 3.8) is 0 Å². The topological polar surface area (TPSA) is 53.6 Å². The summed E-state index contributed by atoms with van der Waals surface area (Å²) in [4.78, 5) is 15.5. The minimum Gasteiger partial charge on any atom is -0.467 e. The Morgan fingerprint density at radius 2 is 1.73 bits per heavy atom. The summed E-state index contributed by atoms with van der Waals surface area (Å²) in [5, 5.41) is 8.43. The number of thiocarbonyl (C=S) groups is 1. The van der Waals surface area contributed by atoms with Crippen LogP contribution in [-0.4, -0.2) is 16.7 Å². The van der Waals surface area contributed by atoms with E-state index in [1.807, 2.05) is 25.1 Å². The van der Waals surface area contributed by atoms with Crippen molar-refractivity contribution < 1.29 is 9.53 Å². The van der Waals surface area contributed by atoms with E-state index in [0.717, 1.165) is 5.56 Å². The molecule has 1 saturated heterocycles. The fourth-order valence-electron chi connectivity index (χ4n) is 4.51. The number of benzene rings is 3. The van der Waals surface area contributed by atoms with Crippen molar-refractivity contribution in [3.05, 3.63) is 87.4 Å². The lowest BCUT2D eigenvalue weighted by atomic mass is 9.78. The van der Waals surface area contributed by atoms with Gasteiger partial charge in [-0.05, 0) is 79.8 Å². The maximum absolute atomic E-state index is 13.7. The zero-order chi connectivity index (χ0) is 23.3. The molecule has 2 heterocycles. The molecule has 0 aromatic heterocycles. The molecule has 33 heavy (non-hydrogen) atoms. The van der Waals surface area contributed by atoms with E-state index in [1.54, 1.807) is 53.4 Å². The molecule has 2 bridgehead atoms. The summed E-state index contributed by atoms with van der Waals surface area (Å²) >= 11 is 24.3. The van der Waals surface area contributed by atoms with E-state index in [1.165, 1.54) is 0 Å². The van der Waals surface area contributed by atoms with Crippen LogP contribution in [0.5, 0.6) is 5.75 Å². The highest BCUT2D eigenvalue weighted by molar-refractivity contribution is 7.80. The van der Waals surface area contributed by atoms with Crippen molar-refractivity contribution in [1.82, 2.24) is 5.32 Å². The smallest absolute Gasteiger partial charge is 0.236 e. The first-order chi connectivity index (χ1) is 15.8. The second-order valence-electron chi connectivity index (χ2n) is 8.06. The Bertz CT molecular complexity index is 1270. The van der Waals surface area contributed by atoms with Gasteiger partial charge in [-0.1, -0.05) is 40.9 Å². The predicted molar refractivity (Wildman–Crippen MR) is 136 cm³/mol. The summed E-state index contributed by atoms with van der Waals surface area (Å²) in [6, 6.07) is 19.1. The number of hydrogen-bond acceptors (Lipinski definition) is 3. The quantitative estimate of drug-likeness (QED) is 0.391. The minimum atomic E-state index is -1.14. The van der Waals surface area contributed by atoms with Gasteiger partial charge >= 0.3 is 0 Å². The van der Waals surface area contributed by atoms with E-state index in [-0.39, 0.29) is 5.91 Å². The number of rotatable bonds is 3. The average Bonchev–Trinajstić information content (AvgIpc) is 2.75. The summed E-state index contributed by atoms with van der Waals surface area (Å²) in [5.41, 5.74) is 0.960. The Kier molecular flexibility index (Phi) is 5.65. The van der Waals surface area contributed by atoms with E-state index < -0.39 is 17.7 Å². The van der Waals surface area contributed by atoms with Crippen LogP contribution in [0.2, 0.25) is 15.1 Å². The summed E-state index contributed by atoms with van der Waals surface area (Å²) in [7, 11) is 0. The third kappa shape index (κ3) is 3.91. The molecule has 0 saturated carbocycles. The van der Waals surface area contributed by atoms with Crippen LogP contribution < -0.4 is 20.3 Å². The number of ether oxygens (including phenoxy) is 1. The fraction of sp³-hybridized carbons (Fsp3) is 0.167. The summed E-state index contributed by atoms with van der Waals surface area (Å²) in [6.07, 6.45) is 0. The Balaban J connectivity index is 1.63. The molecule has 1 amide bonds. The number of fused-ring (bicyclic) bond motifs is 4. The maximum Gasteiger partial charge on any atom is 0.236 e. The molecule has 2 aliphatic heterocycles. The molecule has 5 nitrogen and oxygen atoms in total. The van der Waals surface area contributed by atoms with E-state index in [9.17, 15) is 4.79 Å². The van der Waals surface area contributed by atoms with Gasteiger partial charge in [-0.15, -0.1) is 0 Å². The zero-order valence-electron chi connectivity index (χ0n) is 17.3. The Labute approximate surface area is 211 Å². The van der Waals surface area contributed by atoms with Crippen LogP contribution in [0.3, 0.4) is 0 Å². The highest BCUT2D eigenvalue weighted by Crippen LogP contribution is 2.50. The van der Waals surface area contributed by atoms with Crippen LogP contribution in [-0.2, 0) is 4.79 Å². The van der Waals surface area contributed by atoms with Crippen molar-refractivity contribution in [2.45, 2.75) is 18.7 Å². The van der Waals surface area contributed by atoms with Crippen molar-refractivity contribution in [2.75, 3.05) is 10.2 Å². The lowest BCUT2D eigenvalue weighted by molar-refractivity contribution is -0.130. The van der Waals surface area contributed by atoms with Gasteiger partial charge in [0.25, 0.3) is 0 Å². The maximum atomic E-state index is 13.7. The third-order valence-electron chi connectivity index (χ3n) is 5.92. The second-order valence-corrected chi connectivity index (χ2v) is 9.75. The van der Waals surface area contributed by atoms with Crippen molar-refractivity contribution in [3.8, 4) is 5.75 Å². The first-order valence-electron chi connectivity index (χ1n) is 10.2. The van der Waals surface area contributed by atoms with Crippen molar-refractivity contribution in [2.24, 2.45) is 5.92 Å². The number of amides is 1. The highest BCUT2D eigenvalue weighted by atomic mass is 35.5. The zero-order valence-corrected chi connectivity index (χ0v) is 20.4. The molecular weight excluding hydrogens is 501 g/mol. The molecule has 3 aromatic rings. The minimum absolute atomic E-state index is 0.238. The monoisotopic (exact) mass is 517 g/mol. The molecule has 0 unspecified atom stereocenters. The number of nitrogens with one attached hydrogen (secondary N) is 2. The molecule has 3 atom stereocenters. The van der Waals surface area contributed by atoms with Gasteiger partial charge < -0.3 is 15.4 Å². The molecule has 0 spiro atoms. The molecule has 2 N–H and O–H groups in total. The Hall–Kier alpha value is -2.51. The molecule has 0 radical (unpaired) electrons. The van der Waals surface area contributed by atoms with Crippen LogP contribution in [0.15, 0.2) is 66.7 Å². The first kappa shape index (κ1) is 22.3. The third-order valence-corrected chi connectivity index (χ3v) is 6.94. The number of carbonyl (C=O) groups is 1. The molecule has 9 heteroatoms. The highest BCUT2D eigenvalue weighted by Gasteiger charge is 2.59. The van der Waals surface area contributed by atoms with Gasteiger partial charge in [0, 0.05) is 32.0 Å². The second kappa shape index (κ2) is 8.37. The SMILES string of the molecule is C[C@]12Oc3ccc(Cl)cc3[C@@H](NC(=S)N1c1cccc(Cl)c1)[C@H]2C(=O)Nc1ccc(Cl)cc1. The number of halogens is 3. The van der Waals surface area contributed by atoms with E-state index in [4.69, 9.17) is 51.8 Å².